The molecule has 0 radical (unpaired) electrons. The average Bonchev–Trinajstić information content (AvgIpc) is 3.30. The molecule has 7 nitrogen and oxygen atoms in total. The van der Waals surface area contributed by atoms with Gasteiger partial charge in [-0.25, -0.2) is 4.39 Å². The van der Waals surface area contributed by atoms with E-state index in [0.29, 0.717) is 30.1 Å². The zero-order valence-corrected chi connectivity index (χ0v) is 16.0. The van der Waals surface area contributed by atoms with Gasteiger partial charge in [0.05, 0.1) is 5.69 Å². The van der Waals surface area contributed by atoms with E-state index in [0.717, 1.165) is 12.5 Å². The van der Waals surface area contributed by atoms with E-state index in [2.05, 4.69) is 25.8 Å². The van der Waals surface area contributed by atoms with Crippen LogP contribution in [-0.4, -0.2) is 33.0 Å². The lowest BCUT2D eigenvalue weighted by Crippen LogP contribution is -2.43. The number of hydrogen-bond acceptors (Lipinski definition) is 4. The highest BCUT2D eigenvalue weighted by atomic mass is 35.5. The smallest absolute Gasteiger partial charge is 0.289 e. The Hall–Kier alpha value is -2.48. The predicted octanol–water partition coefficient (Wildman–Crippen LogP) is 3.01. The van der Waals surface area contributed by atoms with Crippen LogP contribution >= 0.6 is 11.6 Å². The van der Waals surface area contributed by atoms with E-state index in [9.17, 15) is 14.0 Å². The van der Waals surface area contributed by atoms with Crippen LogP contribution in [0.15, 0.2) is 12.1 Å². The Labute approximate surface area is 166 Å². The summed E-state index contributed by atoms with van der Waals surface area (Å²) in [6.07, 6.45) is 6.32. The molecule has 1 atom stereocenters. The van der Waals surface area contributed by atoms with Crippen molar-refractivity contribution < 1.29 is 14.0 Å². The number of aromatic amines is 1. The summed E-state index contributed by atoms with van der Waals surface area (Å²) in [7, 11) is 0. The highest BCUT2D eigenvalue weighted by molar-refractivity contribution is 6.30. The minimum atomic E-state index is -0.804. The van der Waals surface area contributed by atoms with E-state index in [-0.39, 0.29) is 16.5 Å². The normalized spacial score (nSPS) is 19.8. The molecule has 0 saturated heterocycles. The van der Waals surface area contributed by atoms with E-state index in [1.807, 2.05) is 0 Å². The van der Waals surface area contributed by atoms with Gasteiger partial charge in [-0.15, -0.1) is 10.2 Å². The Kier molecular flexibility index (Phi) is 5.30. The minimum absolute atomic E-state index is 0.0804. The van der Waals surface area contributed by atoms with Gasteiger partial charge in [-0.05, 0) is 36.5 Å². The topological polar surface area (TPSA) is 99.8 Å². The van der Waals surface area contributed by atoms with Crippen molar-refractivity contribution in [2.75, 3.05) is 5.32 Å². The standard InChI is InChI=1S/C19H21ClFN5O2/c20-12-8-11-5-6-14(18(27)24-16(11)13(21)9-12)22-19(28)17-23-15(25-26-17)7-10-3-1-2-4-10/h8-10,14H,1-7H2,(H,22,28)(H,24,27)(H,23,25,26). The maximum absolute atomic E-state index is 14.1. The van der Waals surface area contributed by atoms with Crippen LogP contribution in [0.25, 0.3) is 0 Å². The Morgan fingerprint density at radius 2 is 2.04 bits per heavy atom. The molecule has 1 saturated carbocycles. The minimum Gasteiger partial charge on any atom is -0.337 e. The molecule has 2 aromatic rings. The van der Waals surface area contributed by atoms with Crippen LogP contribution in [0.2, 0.25) is 5.02 Å². The summed E-state index contributed by atoms with van der Waals surface area (Å²) in [5, 5.41) is 13.4. The number of carbonyl (C=O) groups is 2. The second-order valence-corrected chi connectivity index (χ2v) is 7.89. The zero-order valence-electron chi connectivity index (χ0n) is 15.2. The first-order valence-corrected chi connectivity index (χ1v) is 9.88. The van der Waals surface area contributed by atoms with E-state index in [4.69, 9.17) is 11.6 Å². The third-order valence-electron chi connectivity index (χ3n) is 5.41. The summed E-state index contributed by atoms with van der Waals surface area (Å²) < 4.78 is 14.1. The highest BCUT2D eigenvalue weighted by Crippen LogP contribution is 2.29. The number of carbonyl (C=O) groups excluding carboxylic acids is 2. The number of halogens is 2. The number of aryl methyl sites for hydroxylation is 1. The molecule has 0 bridgehead atoms. The van der Waals surface area contributed by atoms with Crippen LogP contribution in [0.4, 0.5) is 10.1 Å². The van der Waals surface area contributed by atoms with Gasteiger partial charge in [-0.1, -0.05) is 37.3 Å². The van der Waals surface area contributed by atoms with Crippen molar-refractivity contribution in [1.29, 1.82) is 0 Å². The lowest BCUT2D eigenvalue weighted by Gasteiger charge is -2.14. The number of fused-ring (bicyclic) bond motifs is 1. The van der Waals surface area contributed by atoms with Crippen LogP contribution in [-0.2, 0) is 17.6 Å². The number of anilines is 1. The molecule has 1 unspecified atom stereocenters. The van der Waals surface area contributed by atoms with Gasteiger partial charge < -0.3 is 15.6 Å². The molecule has 1 fully saturated rings. The predicted molar refractivity (Wildman–Crippen MR) is 102 cm³/mol. The number of rotatable bonds is 4. The maximum Gasteiger partial charge on any atom is 0.289 e. The summed E-state index contributed by atoms with van der Waals surface area (Å²) in [4.78, 5) is 27.9. The van der Waals surface area contributed by atoms with Crippen molar-refractivity contribution in [3.05, 3.63) is 40.2 Å². The first kappa shape index (κ1) is 18.9. The highest BCUT2D eigenvalue weighted by Gasteiger charge is 2.28. The van der Waals surface area contributed by atoms with Gasteiger partial charge in [-0.2, -0.15) is 0 Å². The van der Waals surface area contributed by atoms with Crippen molar-refractivity contribution >= 4 is 29.1 Å². The lowest BCUT2D eigenvalue weighted by molar-refractivity contribution is -0.118. The van der Waals surface area contributed by atoms with Crippen molar-refractivity contribution in [1.82, 2.24) is 20.5 Å². The Balaban J connectivity index is 1.41. The maximum atomic E-state index is 14.1. The third kappa shape index (κ3) is 4.01. The number of nitrogens with zero attached hydrogens (tertiary/aromatic N) is 2. The van der Waals surface area contributed by atoms with E-state index in [1.54, 1.807) is 6.07 Å². The van der Waals surface area contributed by atoms with Gasteiger partial charge in [0, 0.05) is 11.4 Å². The second kappa shape index (κ2) is 7.87. The molecule has 1 aliphatic heterocycles. The van der Waals surface area contributed by atoms with Crippen molar-refractivity contribution in [2.24, 2.45) is 5.92 Å². The summed E-state index contributed by atoms with van der Waals surface area (Å²) in [5.41, 5.74) is 0.721. The summed E-state index contributed by atoms with van der Waals surface area (Å²) in [5.74, 6) is -0.219. The van der Waals surface area contributed by atoms with Gasteiger partial charge >= 0.3 is 0 Å². The van der Waals surface area contributed by atoms with Crippen LogP contribution in [0, 0.1) is 11.7 Å². The number of hydrogen-bond donors (Lipinski definition) is 3. The number of H-pyrrole nitrogens is 1. The molecule has 148 valence electrons. The van der Waals surface area contributed by atoms with Crippen molar-refractivity contribution in [3.63, 3.8) is 0 Å². The largest absolute Gasteiger partial charge is 0.337 e. The number of amides is 2. The molecular weight excluding hydrogens is 385 g/mol. The summed E-state index contributed by atoms with van der Waals surface area (Å²) in [6.45, 7) is 0. The quantitative estimate of drug-likeness (QED) is 0.727. The fraction of sp³-hybridized carbons (Fsp3) is 0.474. The van der Waals surface area contributed by atoms with Crippen LogP contribution < -0.4 is 10.6 Å². The van der Waals surface area contributed by atoms with Crippen LogP contribution in [0.5, 0.6) is 0 Å². The van der Waals surface area contributed by atoms with E-state index < -0.39 is 23.7 Å². The van der Waals surface area contributed by atoms with Gasteiger partial charge in [0.15, 0.2) is 0 Å². The lowest BCUT2D eigenvalue weighted by atomic mass is 10.0. The Morgan fingerprint density at radius 1 is 1.25 bits per heavy atom. The molecule has 1 aliphatic carbocycles. The van der Waals surface area contributed by atoms with Gasteiger partial charge in [-0.3, -0.25) is 9.59 Å². The first-order valence-electron chi connectivity index (χ1n) is 9.51. The molecule has 1 aromatic heterocycles. The van der Waals surface area contributed by atoms with Gasteiger partial charge in [0.2, 0.25) is 11.7 Å². The fourth-order valence-corrected chi connectivity index (χ4v) is 4.18. The Morgan fingerprint density at radius 3 is 2.82 bits per heavy atom. The first-order chi connectivity index (χ1) is 13.5. The average molecular weight is 406 g/mol. The molecule has 2 heterocycles. The molecule has 4 rings (SSSR count). The molecule has 2 aliphatic rings. The van der Waals surface area contributed by atoms with Crippen LogP contribution in [0.1, 0.15) is 54.1 Å². The number of nitrogens with one attached hydrogen (secondary N) is 3. The fourth-order valence-electron chi connectivity index (χ4n) is 3.95. The number of aromatic nitrogens is 3. The van der Waals surface area contributed by atoms with Gasteiger partial charge in [0.1, 0.15) is 17.7 Å². The van der Waals surface area contributed by atoms with Crippen LogP contribution in [0.3, 0.4) is 0 Å². The van der Waals surface area contributed by atoms with Crippen molar-refractivity contribution in [2.45, 2.75) is 51.0 Å². The zero-order chi connectivity index (χ0) is 19.7. The Bertz CT molecular complexity index is 910. The number of benzene rings is 1. The molecule has 9 heteroatoms. The molecule has 1 aromatic carbocycles. The molecule has 0 spiro atoms. The summed E-state index contributed by atoms with van der Waals surface area (Å²) in [6, 6.07) is 1.97. The van der Waals surface area contributed by atoms with Gasteiger partial charge in [0.25, 0.3) is 5.91 Å². The molecule has 3 N–H and O–H groups in total. The molecular formula is C19H21ClFN5O2. The van der Waals surface area contributed by atoms with Crippen molar-refractivity contribution in [3.8, 4) is 0 Å². The molecule has 28 heavy (non-hydrogen) atoms. The summed E-state index contributed by atoms with van der Waals surface area (Å²) >= 11 is 5.89. The van der Waals surface area contributed by atoms with E-state index >= 15 is 0 Å². The molecule has 2 amide bonds. The third-order valence-corrected chi connectivity index (χ3v) is 5.63. The SMILES string of the molecule is O=C(NC1CCc2cc(Cl)cc(F)c2NC1=O)c1nnc(CC2CCCC2)[nH]1. The second-order valence-electron chi connectivity index (χ2n) is 7.45. The van der Waals surface area contributed by atoms with E-state index in [1.165, 1.54) is 25.7 Å². The monoisotopic (exact) mass is 405 g/mol.